The number of hydrogen-bond acceptors (Lipinski definition) is 3. The van der Waals surface area contributed by atoms with E-state index in [2.05, 4.69) is 20.9 Å². The van der Waals surface area contributed by atoms with Crippen LogP contribution in [-0.2, 0) is 0 Å². The monoisotopic (exact) mass is 383 g/mol. The van der Waals surface area contributed by atoms with Crippen molar-refractivity contribution in [3.8, 4) is 0 Å². The molecule has 1 atom stereocenters. The Bertz CT molecular complexity index is 718. The van der Waals surface area contributed by atoms with Crippen molar-refractivity contribution in [3.63, 3.8) is 0 Å². The fraction of sp³-hybridized carbons (Fsp3) is 0.133. The summed E-state index contributed by atoms with van der Waals surface area (Å²) < 4.78 is 0.942. The topological polar surface area (TPSA) is 41.6 Å². The normalized spacial score (nSPS) is 18.0. The molecule has 0 spiro atoms. The first-order valence-corrected chi connectivity index (χ1v) is 7.91. The van der Waals surface area contributed by atoms with Crippen molar-refractivity contribution in [2.24, 2.45) is 10.7 Å². The van der Waals surface area contributed by atoms with Gasteiger partial charge in [-0.3, -0.25) is 4.99 Å². The average molecular weight is 385 g/mol. The lowest BCUT2D eigenvalue weighted by molar-refractivity contribution is 0.765. The zero-order chi connectivity index (χ0) is 15.0. The van der Waals surface area contributed by atoms with Gasteiger partial charge in [-0.1, -0.05) is 51.3 Å². The molecule has 6 heteroatoms. The van der Waals surface area contributed by atoms with Crippen molar-refractivity contribution in [3.05, 3.63) is 62.5 Å². The number of halogens is 3. The second kappa shape index (κ2) is 5.87. The van der Waals surface area contributed by atoms with Gasteiger partial charge in [0.05, 0.1) is 12.6 Å². The third kappa shape index (κ3) is 2.89. The van der Waals surface area contributed by atoms with Crippen LogP contribution in [0.1, 0.15) is 11.6 Å². The number of rotatable bonds is 2. The molecule has 0 radical (unpaired) electrons. The summed E-state index contributed by atoms with van der Waals surface area (Å²) in [5.41, 5.74) is 8.07. The van der Waals surface area contributed by atoms with Crippen LogP contribution in [0.25, 0.3) is 0 Å². The smallest absolute Gasteiger partial charge is 0.196 e. The number of benzene rings is 2. The number of anilines is 1. The molecule has 1 heterocycles. The molecule has 2 N–H and O–H groups in total. The van der Waals surface area contributed by atoms with Gasteiger partial charge in [0.1, 0.15) is 0 Å². The lowest BCUT2D eigenvalue weighted by Gasteiger charge is -2.27. The zero-order valence-electron chi connectivity index (χ0n) is 10.9. The molecule has 21 heavy (non-hydrogen) atoms. The van der Waals surface area contributed by atoms with Crippen LogP contribution in [0.15, 0.2) is 51.9 Å². The molecule has 3 rings (SSSR count). The van der Waals surface area contributed by atoms with Crippen molar-refractivity contribution in [1.82, 2.24) is 0 Å². The third-order valence-corrected chi connectivity index (χ3v) is 4.55. The minimum absolute atomic E-state index is 0.0232. The van der Waals surface area contributed by atoms with Crippen molar-refractivity contribution >= 4 is 50.8 Å². The van der Waals surface area contributed by atoms with Crippen molar-refractivity contribution in [2.75, 3.05) is 11.4 Å². The molecule has 1 aliphatic rings. The molecule has 0 fully saturated rings. The van der Waals surface area contributed by atoms with Crippen molar-refractivity contribution in [1.29, 1.82) is 0 Å². The molecule has 2 aromatic carbocycles. The Morgan fingerprint density at radius 2 is 1.90 bits per heavy atom. The van der Waals surface area contributed by atoms with Gasteiger partial charge in [-0.15, -0.1) is 0 Å². The summed E-state index contributed by atoms with van der Waals surface area (Å²) in [6, 6.07) is 13.3. The number of hydrogen-bond donors (Lipinski definition) is 1. The zero-order valence-corrected chi connectivity index (χ0v) is 14.0. The summed E-state index contributed by atoms with van der Waals surface area (Å²) in [7, 11) is 0. The number of guanidine groups is 1. The van der Waals surface area contributed by atoms with Crippen LogP contribution in [0.2, 0.25) is 10.0 Å². The van der Waals surface area contributed by atoms with Crippen LogP contribution >= 0.6 is 39.1 Å². The van der Waals surface area contributed by atoms with Crippen LogP contribution in [0, 0.1) is 0 Å². The Labute approximate surface area is 141 Å². The Kier molecular flexibility index (Phi) is 4.11. The molecule has 0 amide bonds. The molecule has 0 saturated carbocycles. The van der Waals surface area contributed by atoms with Gasteiger partial charge >= 0.3 is 0 Å². The quantitative estimate of drug-likeness (QED) is 0.819. The summed E-state index contributed by atoms with van der Waals surface area (Å²) in [6.07, 6.45) is 0. The van der Waals surface area contributed by atoms with E-state index in [1.807, 2.05) is 47.4 Å². The molecule has 108 valence electrons. The first-order valence-electron chi connectivity index (χ1n) is 6.36. The maximum atomic E-state index is 6.08. The summed E-state index contributed by atoms with van der Waals surface area (Å²) in [6.45, 7) is 0.596. The lowest BCUT2D eigenvalue weighted by atomic mass is 10.1. The van der Waals surface area contributed by atoms with E-state index in [1.165, 1.54) is 0 Å². The fourth-order valence-corrected chi connectivity index (χ4v) is 3.58. The Morgan fingerprint density at radius 1 is 1.14 bits per heavy atom. The van der Waals surface area contributed by atoms with Gasteiger partial charge in [0.2, 0.25) is 0 Å². The highest BCUT2D eigenvalue weighted by Gasteiger charge is 2.30. The maximum absolute atomic E-state index is 6.08. The summed E-state index contributed by atoms with van der Waals surface area (Å²) in [5.74, 6) is 0.490. The molecule has 3 nitrogen and oxygen atoms in total. The summed E-state index contributed by atoms with van der Waals surface area (Å²) >= 11 is 15.7. The molecular formula is C15H12BrCl2N3. The van der Waals surface area contributed by atoms with Gasteiger partial charge in [-0.05, 0) is 35.9 Å². The van der Waals surface area contributed by atoms with Gasteiger partial charge in [-0.2, -0.15) is 0 Å². The van der Waals surface area contributed by atoms with Gasteiger partial charge < -0.3 is 10.6 Å². The third-order valence-electron chi connectivity index (χ3n) is 3.39. The van der Waals surface area contributed by atoms with E-state index in [0.29, 0.717) is 22.5 Å². The van der Waals surface area contributed by atoms with E-state index in [1.54, 1.807) is 0 Å². The average Bonchev–Trinajstić information content (AvgIpc) is 2.80. The second-order valence-electron chi connectivity index (χ2n) is 4.73. The SMILES string of the molecule is NC1=NCC(c2ccc(Cl)cc2Br)N1c1cccc(Cl)c1. The predicted molar refractivity (Wildman–Crippen MR) is 92.3 cm³/mol. The Balaban J connectivity index is 2.03. The standard InChI is InChI=1S/C15H12BrCl2N3/c16-13-7-10(18)4-5-12(13)14-8-20-15(19)21(14)11-3-1-2-9(17)6-11/h1-7,14H,8H2,(H2,19,20). The van der Waals surface area contributed by atoms with E-state index >= 15 is 0 Å². The first kappa shape index (κ1) is 14.7. The van der Waals surface area contributed by atoms with Crippen LogP contribution in [0.4, 0.5) is 5.69 Å². The second-order valence-corrected chi connectivity index (χ2v) is 6.46. The highest BCUT2D eigenvalue weighted by atomic mass is 79.9. The largest absolute Gasteiger partial charge is 0.369 e. The fourth-order valence-electron chi connectivity index (χ4n) is 2.44. The minimum atomic E-state index is 0.0232. The van der Waals surface area contributed by atoms with Crippen molar-refractivity contribution < 1.29 is 0 Å². The molecule has 1 aliphatic heterocycles. The first-order chi connectivity index (χ1) is 10.1. The van der Waals surface area contributed by atoms with E-state index in [9.17, 15) is 0 Å². The van der Waals surface area contributed by atoms with Crippen molar-refractivity contribution in [2.45, 2.75) is 6.04 Å². The van der Waals surface area contributed by atoms with Crippen LogP contribution in [-0.4, -0.2) is 12.5 Å². The molecule has 1 unspecified atom stereocenters. The lowest BCUT2D eigenvalue weighted by Crippen LogP contribution is -2.36. The van der Waals surface area contributed by atoms with Gasteiger partial charge in [0, 0.05) is 20.2 Å². The molecule has 2 aromatic rings. The molecule has 0 bridgehead atoms. The van der Waals surface area contributed by atoms with Gasteiger partial charge in [0.25, 0.3) is 0 Å². The molecule has 0 aliphatic carbocycles. The Morgan fingerprint density at radius 3 is 2.62 bits per heavy atom. The number of nitrogens with two attached hydrogens (primary N) is 1. The highest BCUT2D eigenvalue weighted by Crippen LogP contribution is 2.36. The molecule has 0 saturated heterocycles. The van der Waals surface area contributed by atoms with Crippen LogP contribution in [0.5, 0.6) is 0 Å². The summed E-state index contributed by atoms with van der Waals surface area (Å²) in [4.78, 5) is 6.35. The van der Waals surface area contributed by atoms with Gasteiger partial charge in [0.15, 0.2) is 5.96 Å². The van der Waals surface area contributed by atoms with E-state index in [0.717, 1.165) is 15.7 Å². The number of aliphatic imine (C=N–C) groups is 1. The maximum Gasteiger partial charge on any atom is 0.196 e. The summed E-state index contributed by atoms with van der Waals surface area (Å²) in [5, 5.41) is 1.35. The predicted octanol–water partition coefficient (Wildman–Crippen LogP) is 4.63. The minimum Gasteiger partial charge on any atom is -0.369 e. The molecule has 0 aromatic heterocycles. The van der Waals surface area contributed by atoms with Gasteiger partial charge in [-0.25, -0.2) is 0 Å². The highest BCUT2D eigenvalue weighted by molar-refractivity contribution is 9.10. The van der Waals surface area contributed by atoms with E-state index < -0.39 is 0 Å². The number of nitrogens with zero attached hydrogens (tertiary/aromatic N) is 2. The van der Waals surface area contributed by atoms with Crippen LogP contribution < -0.4 is 10.6 Å². The molecular weight excluding hydrogens is 373 g/mol. The Hall–Kier alpha value is -1.23. The van der Waals surface area contributed by atoms with E-state index in [4.69, 9.17) is 28.9 Å². The van der Waals surface area contributed by atoms with Crippen LogP contribution in [0.3, 0.4) is 0 Å². The van der Waals surface area contributed by atoms with E-state index in [-0.39, 0.29) is 6.04 Å².